The summed E-state index contributed by atoms with van der Waals surface area (Å²) in [6.45, 7) is 2.20. The largest absolute Gasteiger partial charge is 0.321 e. The lowest BCUT2D eigenvalue weighted by Gasteiger charge is -2.14. The lowest BCUT2D eigenvalue weighted by molar-refractivity contribution is 0.549. The molecule has 1 heterocycles. The van der Waals surface area contributed by atoms with Crippen LogP contribution in [0.3, 0.4) is 0 Å². The second kappa shape index (κ2) is 7.98. The summed E-state index contributed by atoms with van der Waals surface area (Å²) in [6.07, 6.45) is 0.602. The molecular weight excluding hydrogens is 367 g/mol. The van der Waals surface area contributed by atoms with Crippen molar-refractivity contribution in [1.29, 1.82) is 0 Å². The number of halogens is 1. The minimum absolute atomic E-state index is 0.130. The van der Waals surface area contributed by atoms with Gasteiger partial charge in [0.1, 0.15) is 5.82 Å². The molecule has 2 N–H and O–H groups in total. The highest BCUT2D eigenvalue weighted by Gasteiger charge is 2.27. The van der Waals surface area contributed by atoms with Crippen molar-refractivity contribution >= 4 is 9.84 Å². The maximum absolute atomic E-state index is 13.1. The minimum atomic E-state index is -3.79. The zero-order chi connectivity index (χ0) is 19.4. The summed E-state index contributed by atoms with van der Waals surface area (Å²) in [5, 5.41) is 7.86. The van der Waals surface area contributed by atoms with Crippen LogP contribution >= 0.6 is 0 Å². The smallest absolute Gasteiger partial charge is 0.250 e. The highest BCUT2D eigenvalue weighted by atomic mass is 32.2. The Balaban J connectivity index is 2.00. The Labute approximate surface area is 157 Å². The average Bonchev–Trinajstić information content (AvgIpc) is 3.08. The molecular formula is C19H21FN4O2S. The molecule has 0 aliphatic heterocycles. The van der Waals surface area contributed by atoms with Gasteiger partial charge in [0.2, 0.25) is 15.0 Å². The second-order valence-electron chi connectivity index (χ2n) is 6.31. The molecule has 1 unspecified atom stereocenters. The molecule has 8 heteroatoms. The van der Waals surface area contributed by atoms with Crippen molar-refractivity contribution in [2.24, 2.45) is 5.73 Å². The Morgan fingerprint density at radius 3 is 2.33 bits per heavy atom. The third-order valence-electron chi connectivity index (χ3n) is 4.25. The Morgan fingerprint density at radius 2 is 1.70 bits per heavy atom. The zero-order valence-corrected chi connectivity index (χ0v) is 15.7. The quantitative estimate of drug-likeness (QED) is 0.672. The van der Waals surface area contributed by atoms with Crippen LogP contribution in [-0.2, 0) is 22.1 Å². The Bertz CT molecular complexity index is 1000. The number of hydrogen-bond donors (Lipinski definition) is 1. The number of rotatable bonds is 7. The van der Waals surface area contributed by atoms with E-state index in [4.69, 9.17) is 5.73 Å². The van der Waals surface area contributed by atoms with Gasteiger partial charge in [0, 0.05) is 0 Å². The summed E-state index contributed by atoms with van der Waals surface area (Å²) in [4.78, 5) is 0. The van der Waals surface area contributed by atoms with Gasteiger partial charge in [-0.15, -0.1) is 10.2 Å². The lowest BCUT2D eigenvalue weighted by atomic mass is 10.2. The Kier molecular flexibility index (Phi) is 5.67. The summed E-state index contributed by atoms with van der Waals surface area (Å²) in [6, 6.07) is 14.4. The van der Waals surface area contributed by atoms with Gasteiger partial charge in [-0.1, -0.05) is 49.4 Å². The van der Waals surface area contributed by atoms with E-state index in [1.165, 1.54) is 24.3 Å². The molecule has 0 aliphatic rings. The molecule has 0 bridgehead atoms. The van der Waals surface area contributed by atoms with Gasteiger partial charge in [-0.25, -0.2) is 12.8 Å². The molecule has 3 rings (SSSR count). The van der Waals surface area contributed by atoms with E-state index in [-0.39, 0.29) is 10.9 Å². The van der Waals surface area contributed by atoms with E-state index >= 15 is 0 Å². The van der Waals surface area contributed by atoms with Crippen molar-refractivity contribution in [2.45, 2.75) is 36.8 Å². The van der Waals surface area contributed by atoms with Gasteiger partial charge >= 0.3 is 0 Å². The van der Waals surface area contributed by atoms with Crippen molar-refractivity contribution in [1.82, 2.24) is 14.8 Å². The van der Waals surface area contributed by atoms with E-state index in [2.05, 4.69) is 10.2 Å². The van der Waals surface area contributed by atoms with Crippen molar-refractivity contribution in [3.8, 4) is 0 Å². The van der Waals surface area contributed by atoms with Gasteiger partial charge in [0.15, 0.2) is 5.82 Å². The van der Waals surface area contributed by atoms with E-state index < -0.39 is 21.7 Å². The first-order chi connectivity index (χ1) is 12.9. The maximum atomic E-state index is 13.1. The fraction of sp³-hybridized carbons (Fsp3) is 0.263. The fourth-order valence-corrected chi connectivity index (χ4v) is 4.19. The molecule has 0 amide bonds. The van der Waals surface area contributed by atoms with E-state index in [9.17, 15) is 12.8 Å². The van der Waals surface area contributed by atoms with Crippen molar-refractivity contribution < 1.29 is 12.8 Å². The summed E-state index contributed by atoms with van der Waals surface area (Å²) in [5.74, 6) is -0.277. The van der Waals surface area contributed by atoms with Crippen LogP contribution in [0.2, 0.25) is 0 Å². The molecule has 1 atom stereocenters. The van der Waals surface area contributed by atoms with Gasteiger partial charge in [-0.2, -0.15) is 0 Å². The first-order valence-electron chi connectivity index (χ1n) is 8.60. The summed E-state index contributed by atoms with van der Waals surface area (Å²) >= 11 is 0. The molecule has 0 radical (unpaired) electrons. The van der Waals surface area contributed by atoms with Gasteiger partial charge in [-0.3, -0.25) is 4.57 Å². The van der Waals surface area contributed by atoms with Gasteiger partial charge in [0.05, 0.1) is 18.3 Å². The van der Waals surface area contributed by atoms with E-state index in [0.717, 1.165) is 5.56 Å². The summed E-state index contributed by atoms with van der Waals surface area (Å²) in [5.41, 5.74) is 7.51. The third-order valence-corrected chi connectivity index (χ3v) is 5.82. The highest BCUT2D eigenvalue weighted by Crippen LogP contribution is 2.21. The summed E-state index contributed by atoms with van der Waals surface area (Å²) in [7, 11) is -3.79. The molecule has 1 aromatic heterocycles. The van der Waals surface area contributed by atoms with Crippen molar-refractivity contribution in [2.75, 3.05) is 0 Å². The number of nitrogens with zero attached hydrogens (tertiary/aromatic N) is 3. The Hall–Kier alpha value is -2.58. The SMILES string of the molecule is CCC(N)c1nnc(S(=O)(=O)Cc2ccc(F)cc2)n1Cc1ccccc1. The average molecular weight is 388 g/mol. The Morgan fingerprint density at radius 1 is 1.04 bits per heavy atom. The molecule has 27 heavy (non-hydrogen) atoms. The number of hydrogen-bond acceptors (Lipinski definition) is 5. The summed E-state index contributed by atoms with van der Waals surface area (Å²) < 4.78 is 40.6. The van der Waals surface area contributed by atoms with Gasteiger partial charge in [0.25, 0.3) is 0 Å². The van der Waals surface area contributed by atoms with Gasteiger partial charge < -0.3 is 5.73 Å². The number of aromatic nitrogens is 3. The first-order valence-corrected chi connectivity index (χ1v) is 10.3. The molecule has 2 aromatic carbocycles. The normalized spacial score (nSPS) is 12.9. The van der Waals surface area contributed by atoms with Crippen LogP contribution in [0, 0.1) is 5.82 Å². The number of sulfone groups is 1. The number of benzene rings is 2. The predicted molar refractivity (Wildman–Crippen MR) is 100 cm³/mol. The lowest BCUT2D eigenvalue weighted by Crippen LogP contribution is -2.20. The first kappa shape index (κ1) is 19.2. The van der Waals surface area contributed by atoms with Crippen LogP contribution in [0.1, 0.15) is 36.3 Å². The number of nitrogens with two attached hydrogens (primary N) is 1. The molecule has 0 fully saturated rings. The van der Waals surface area contributed by atoms with Crippen LogP contribution in [0.4, 0.5) is 4.39 Å². The van der Waals surface area contributed by atoms with Crippen LogP contribution in [0.15, 0.2) is 59.8 Å². The maximum Gasteiger partial charge on any atom is 0.250 e. The fourth-order valence-electron chi connectivity index (χ4n) is 2.77. The van der Waals surface area contributed by atoms with E-state index in [1.54, 1.807) is 4.57 Å². The van der Waals surface area contributed by atoms with Crippen LogP contribution in [0.5, 0.6) is 0 Å². The van der Waals surface area contributed by atoms with Crippen molar-refractivity contribution in [3.05, 3.63) is 77.4 Å². The second-order valence-corrected chi connectivity index (χ2v) is 8.20. The van der Waals surface area contributed by atoms with Gasteiger partial charge in [-0.05, 0) is 29.7 Å². The molecule has 0 saturated heterocycles. The van der Waals surface area contributed by atoms with Crippen LogP contribution in [0.25, 0.3) is 0 Å². The molecule has 3 aromatic rings. The monoisotopic (exact) mass is 388 g/mol. The van der Waals surface area contributed by atoms with E-state index in [0.29, 0.717) is 24.4 Å². The van der Waals surface area contributed by atoms with Crippen LogP contribution in [-0.4, -0.2) is 23.2 Å². The predicted octanol–water partition coefficient (Wildman–Crippen LogP) is 2.85. The van der Waals surface area contributed by atoms with Crippen molar-refractivity contribution in [3.63, 3.8) is 0 Å². The van der Waals surface area contributed by atoms with Crippen LogP contribution < -0.4 is 5.73 Å². The highest BCUT2D eigenvalue weighted by molar-refractivity contribution is 7.90. The molecule has 142 valence electrons. The molecule has 6 nitrogen and oxygen atoms in total. The molecule has 0 spiro atoms. The third kappa shape index (κ3) is 4.40. The zero-order valence-electron chi connectivity index (χ0n) is 14.9. The van der Waals surface area contributed by atoms with E-state index in [1.807, 2.05) is 37.3 Å². The standard InChI is InChI=1S/C19H21FN4O2S/c1-2-17(21)18-22-23-19(24(18)12-14-6-4-3-5-7-14)27(25,26)13-15-8-10-16(20)11-9-15/h3-11,17H,2,12-13,21H2,1H3. The molecule has 0 saturated carbocycles. The molecule has 0 aliphatic carbocycles. The topological polar surface area (TPSA) is 90.9 Å². The minimum Gasteiger partial charge on any atom is -0.321 e.